The highest BCUT2D eigenvalue weighted by molar-refractivity contribution is 5.83. The number of aliphatic carboxylic acids is 1. The fraction of sp³-hybridized carbons (Fsp3) is 0.500. The molecule has 3 nitrogen and oxygen atoms in total. The second-order valence-corrected chi connectivity index (χ2v) is 4.92. The Morgan fingerprint density at radius 3 is 2.53 bits per heavy atom. The molecule has 104 valence electrons. The van der Waals surface area contributed by atoms with Crippen molar-refractivity contribution in [3.05, 3.63) is 29.3 Å². The zero-order chi connectivity index (χ0) is 14.0. The first-order valence-corrected chi connectivity index (χ1v) is 6.26. The van der Waals surface area contributed by atoms with E-state index in [1.807, 2.05) is 0 Å². The molecule has 1 aromatic carbocycles. The number of aryl methyl sites for hydroxylation is 1. The lowest BCUT2D eigenvalue weighted by Crippen LogP contribution is -2.33. The predicted octanol–water partition coefficient (Wildman–Crippen LogP) is 3.49. The van der Waals surface area contributed by atoms with Crippen LogP contribution in [0.3, 0.4) is 0 Å². The summed E-state index contributed by atoms with van der Waals surface area (Å²) in [6.07, 6.45) is 2.50. The Hall–Kier alpha value is -1.65. The molecule has 5 heteroatoms. The van der Waals surface area contributed by atoms with E-state index in [2.05, 4.69) is 4.74 Å². The van der Waals surface area contributed by atoms with Crippen molar-refractivity contribution in [1.29, 1.82) is 0 Å². The van der Waals surface area contributed by atoms with Crippen molar-refractivity contribution in [2.75, 3.05) is 0 Å². The first-order chi connectivity index (χ1) is 8.97. The molecule has 2 rings (SSSR count). The summed E-state index contributed by atoms with van der Waals surface area (Å²) < 4.78 is 29.6. The first kappa shape index (κ1) is 13.8. The molecule has 0 spiro atoms. The van der Waals surface area contributed by atoms with Crippen molar-refractivity contribution < 1.29 is 23.4 Å². The summed E-state index contributed by atoms with van der Waals surface area (Å²) in [6.45, 7) is -1.31. The number of carboxylic acid groups (broad SMARTS) is 1. The molecule has 0 heterocycles. The van der Waals surface area contributed by atoms with Crippen LogP contribution in [-0.4, -0.2) is 17.7 Å². The van der Waals surface area contributed by atoms with Crippen LogP contribution >= 0.6 is 0 Å². The van der Waals surface area contributed by atoms with Crippen LogP contribution in [0, 0.1) is 6.92 Å². The van der Waals surface area contributed by atoms with Crippen LogP contribution in [0.4, 0.5) is 8.78 Å². The van der Waals surface area contributed by atoms with E-state index in [0.29, 0.717) is 24.0 Å². The van der Waals surface area contributed by atoms with Gasteiger partial charge in [0.05, 0.1) is 5.41 Å². The summed E-state index contributed by atoms with van der Waals surface area (Å²) in [6, 6.07) is 4.92. The van der Waals surface area contributed by atoms with Crippen molar-refractivity contribution in [3.8, 4) is 5.75 Å². The molecule has 1 aliphatic carbocycles. The van der Waals surface area contributed by atoms with Gasteiger partial charge in [-0.05, 0) is 25.3 Å². The molecule has 1 N–H and O–H groups in total. The Kier molecular flexibility index (Phi) is 3.73. The van der Waals surface area contributed by atoms with Crippen LogP contribution in [0.15, 0.2) is 18.2 Å². The minimum absolute atomic E-state index is 0.0156. The molecule has 0 radical (unpaired) electrons. The van der Waals surface area contributed by atoms with Gasteiger partial charge in [-0.1, -0.05) is 31.0 Å². The zero-order valence-corrected chi connectivity index (χ0v) is 10.7. The van der Waals surface area contributed by atoms with E-state index >= 15 is 0 Å². The molecule has 0 aromatic heterocycles. The zero-order valence-electron chi connectivity index (χ0n) is 10.7. The number of hydrogen-bond donors (Lipinski definition) is 1. The van der Waals surface area contributed by atoms with Crippen LogP contribution in [0.2, 0.25) is 0 Å². The van der Waals surface area contributed by atoms with E-state index in [1.54, 1.807) is 25.1 Å². The monoisotopic (exact) mass is 270 g/mol. The first-order valence-electron chi connectivity index (χ1n) is 6.26. The van der Waals surface area contributed by atoms with E-state index < -0.39 is 18.0 Å². The standard InChI is InChI=1S/C14H16F2O3/c1-9-5-4-6-10(11(9)19-13(15)16)14(12(17)18)7-2-3-8-14/h4-6,13H,2-3,7-8H2,1H3,(H,17,18). The number of alkyl halides is 2. The Balaban J connectivity index is 2.54. The van der Waals surface area contributed by atoms with E-state index in [-0.39, 0.29) is 5.75 Å². The molecule has 0 unspecified atom stereocenters. The van der Waals surface area contributed by atoms with Gasteiger partial charge in [0.1, 0.15) is 5.75 Å². The quantitative estimate of drug-likeness (QED) is 0.911. The average molecular weight is 270 g/mol. The minimum atomic E-state index is -2.95. The van der Waals surface area contributed by atoms with E-state index in [9.17, 15) is 18.7 Å². The van der Waals surface area contributed by atoms with E-state index in [1.165, 1.54) is 0 Å². The van der Waals surface area contributed by atoms with Crippen LogP contribution in [0.25, 0.3) is 0 Å². The molecule has 0 bridgehead atoms. The van der Waals surface area contributed by atoms with Gasteiger partial charge in [-0.3, -0.25) is 4.79 Å². The molecule has 19 heavy (non-hydrogen) atoms. The number of para-hydroxylation sites is 1. The topological polar surface area (TPSA) is 46.5 Å². The third kappa shape index (κ3) is 2.41. The lowest BCUT2D eigenvalue weighted by Gasteiger charge is -2.27. The molecule has 0 aliphatic heterocycles. The average Bonchev–Trinajstić information content (AvgIpc) is 2.81. The Morgan fingerprint density at radius 1 is 1.37 bits per heavy atom. The lowest BCUT2D eigenvalue weighted by atomic mass is 9.78. The highest BCUT2D eigenvalue weighted by atomic mass is 19.3. The van der Waals surface area contributed by atoms with Gasteiger partial charge >= 0.3 is 12.6 Å². The second kappa shape index (κ2) is 5.15. The summed E-state index contributed by atoms with van der Waals surface area (Å²) in [5.41, 5.74) is -0.181. The maximum atomic E-state index is 12.5. The van der Waals surface area contributed by atoms with Crippen molar-refractivity contribution >= 4 is 5.97 Å². The van der Waals surface area contributed by atoms with Crippen LogP contribution in [0.1, 0.15) is 36.8 Å². The van der Waals surface area contributed by atoms with Crippen molar-refractivity contribution in [3.63, 3.8) is 0 Å². The summed E-state index contributed by atoms with van der Waals surface area (Å²) >= 11 is 0. The number of benzene rings is 1. The van der Waals surface area contributed by atoms with Crippen LogP contribution in [0.5, 0.6) is 5.75 Å². The number of hydrogen-bond acceptors (Lipinski definition) is 2. The number of carboxylic acids is 1. The molecule has 0 atom stereocenters. The fourth-order valence-electron chi connectivity index (χ4n) is 2.85. The summed E-state index contributed by atoms with van der Waals surface area (Å²) in [5, 5.41) is 9.52. The predicted molar refractivity (Wildman–Crippen MR) is 65.6 cm³/mol. The van der Waals surface area contributed by atoms with Gasteiger partial charge in [-0.25, -0.2) is 0 Å². The third-order valence-electron chi connectivity index (χ3n) is 3.80. The smallest absolute Gasteiger partial charge is 0.387 e. The summed E-state index contributed by atoms with van der Waals surface area (Å²) in [4.78, 5) is 11.6. The van der Waals surface area contributed by atoms with Gasteiger partial charge < -0.3 is 9.84 Å². The highest BCUT2D eigenvalue weighted by Gasteiger charge is 2.45. The van der Waals surface area contributed by atoms with Crippen molar-refractivity contribution in [2.24, 2.45) is 0 Å². The number of rotatable bonds is 4. The molecule has 1 aliphatic rings. The second-order valence-electron chi connectivity index (χ2n) is 4.92. The molecular formula is C14H16F2O3. The lowest BCUT2D eigenvalue weighted by molar-refractivity contribution is -0.144. The molecule has 0 saturated heterocycles. The van der Waals surface area contributed by atoms with E-state index in [0.717, 1.165) is 12.8 Å². The van der Waals surface area contributed by atoms with Crippen molar-refractivity contribution in [2.45, 2.75) is 44.6 Å². The molecular weight excluding hydrogens is 254 g/mol. The van der Waals surface area contributed by atoms with Crippen LogP contribution in [-0.2, 0) is 10.2 Å². The minimum Gasteiger partial charge on any atom is -0.481 e. The maximum Gasteiger partial charge on any atom is 0.387 e. The van der Waals surface area contributed by atoms with Gasteiger partial charge in [0.15, 0.2) is 0 Å². The third-order valence-corrected chi connectivity index (χ3v) is 3.80. The fourth-order valence-corrected chi connectivity index (χ4v) is 2.85. The maximum absolute atomic E-state index is 12.5. The Bertz CT molecular complexity index is 480. The van der Waals surface area contributed by atoms with Crippen LogP contribution < -0.4 is 4.74 Å². The largest absolute Gasteiger partial charge is 0.481 e. The SMILES string of the molecule is Cc1cccc(C2(C(=O)O)CCCC2)c1OC(F)F. The number of carbonyl (C=O) groups is 1. The van der Waals surface area contributed by atoms with E-state index in [4.69, 9.17) is 0 Å². The molecule has 1 fully saturated rings. The number of ether oxygens (including phenoxy) is 1. The normalized spacial score (nSPS) is 17.7. The Labute approximate surface area is 110 Å². The van der Waals surface area contributed by atoms with Gasteiger partial charge in [-0.15, -0.1) is 0 Å². The van der Waals surface area contributed by atoms with Crippen molar-refractivity contribution in [1.82, 2.24) is 0 Å². The molecule has 1 aromatic rings. The Morgan fingerprint density at radius 2 is 2.00 bits per heavy atom. The summed E-state index contributed by atoms with van der Waals surface area (Å²) in [5.74, 6) is -0.948. The van der Waals surface area contributed by atoms with Gasteiger partial charge in [0.2, 0.25) is 0 Å². The van der Waals surface area contributed by atoms with Gasteiger partial charge in [-0.2, -0.15) is 8.78 Å². The molecule has 0 amide bonds. The van der Waals surface area contributed by atoms with Gasteiger partial charge in [0.25, 0.3) is 0 Å². The molecule has 1 saturated carbocycles. The van der Waals surface area contributed by atoms with Gasteiger partial charge in [0, 0.05) is 5.56 Å². The number of halogens is 2. The highest BCUT2D eigenvalue weighted by Crippen LogP contribution is 2.46. The summed E-state index contributed by atoms with van der Waals surface area (Å²) in [7, 11) is 0.